The van der Waals surface area contributed by atoms with Crippen LogP contribution in [-0.2, 0) is 17.6 Å². The second-order valence-electron chi connectivity index (χ2n) is 4.50. The van der Waals surface area contributed by atoms with Gasteiger partial charge in [0.2, 0.25) is 5.91 Å². The lowest BCUT2D eigenvalue weighted by Gasteiger charge is -2.14. The molecule has 0 atom stereocenters. The fraction of sp³-hybridized carbons (Fsp3) is 0.462. The Bertz CT molecular complexity index is 416. The summed E-state index contributed by atoms with van der Waals surface area (Å²) in [6.07, 6.45) is 1.22. The number of methoxy groups -OCH3 is 1. The third-order valence-corrected chi connectivity index (χ3v) is 3.31. The Morgan fingerprint density at radius 3 is 2.53 bits per heavy atom. The fourth-order valence-corrected chi connectivity index (χ4v) is 2.53. The minimum atomic E-state index is -0.295. The van der Waals surface area contributed by atoms with Gasteiger partial charge in [0.1, 0.15) is 5.75 Å². The predicted octanol–water partition coefficient (Wildman–Crippen LogP) is 2.53. The lowest BCUT2D eigenvalue weighted by molar-refractivity contribution is -0.117. The van der Waals surface area contributed by atoms with Crippen molar-refractivity contribution in [2.75, 3.05) is 7.11 Å². The molecule has 0 aliphatic rings. The highest BCUT2D eigenvalue weighted by Crippen LogP contribution is 2.27. The third kappa shape index (κ3) is 4.18. The SMILES string of the molecule is COc1cc(CC(C)C)c(CC(N)=O)cc1I. The van der Waals surface area contributed by atoms with Crippen LogP contribution in [0.1, 0.15) is 25.0 Å². The zero-order chi connectivity index (χ0) is 13.0. The molecule has 0 bridgehead atoms. The number of rotatable bonds is 5. The molecule has 2 N–H and O–H groups in total. The Kier molecular flexibility index (Phi) is 5.24. The van der Waals surface area contributed by atoms with Crippen LogP contribution in [0.3, 0.4) is 0 Å². The molecule has 1 rings (SSSR count). The monoisotopic (exact) mass is 347 g/mol. The molecule has 0 heterocycles. The Morgan fingerprint density at radius 2 is 2.06 bits per heavy atom. The van der Waals surface area contributed by atoms with Crippen molar-refractivity contribution >= 4 is 28.5 Å². The third-order valence-electron chi connectivity index (χ3n) is 2.47. The zero-order valence-electron chi connectivity index (χ0n) is 10.4. The van der Waals surface area contributed by atoms with Crippen LogP contribution in [0.25, 0.3) is 0 Å². The van der Waals surface area contributed by atoms with E-state index < -0.39 is 0 Å². The Balaban J connectivity index is 3.15. The topological polar surface area (TPSA) is 52.3 Å². The molecule has 94 valence electrons. The summed E-state index contributed by atoms with van der Waals surface area (Å²) in [6, 6.07) is 4.00. The van der Waals surface area contributed by atoms with E-state index in [9.17, 15) is 4.79 Å². The van der Waals surface area contributed by atoms with Gasteiger partial charge in [-0.1, -0.05) is 13.8 Å². The van der Waals surface area contributed by atoms with Crippen LogP contribution in [0.2, 0.25) is 0 Å². The summed E-state index contributed by atoms with van der Waals surface area (Å²) in [7, 11) is 1.66. The molecule has 0 aliphatic carbocycles. The molecule has 4 heteroatoms. The van der Waals surface area contributed by atoms with E-state index in [1.54, 1.807) is 7.11 Å². The van der Waals surface area contributed by atoms with Crippen molar-refractivity contribution in [2.45, 2.75) is 26.7 Å². The molecule has 17 heavy (non-hydrogen) atoms. The first-order chi connectivity index (χ1) is 7.93. The van der Waals surface area contributed by atoms with Gasteiger partial charge in [-0.15, -0.1) is 0 Å². The van der Waals surface area contributed by atoms with E-state index in [1.807, 2.05) is 12.1 Å². The first-order valence-corrected chi connectivity index (χ1v) is 6.65. The standard InChI is InChI=1S/C13H18INO2/c1-8(2)4-9-6-12(17-3)11(14)5-10(9)7-13(15)16/h5-6,8H,4,7H2,1-3H3,(H2,15,16). The van der Waals surface area contributed by atoms with Gasteiger partial charge >= 0.3 is 0 Å². The number of hydrogen-bond acceptors (Lipinski definition) is 2. The number of carbonyl (C=O) groups is 1. The number of amides is 1. The molecular weight excluding hydrogens is 329 g/mol. The number of primary amides is 1. The highest BCUT2D eigenvalue weighted by Gasteiger charge is 2.12. The molecule has 0 unspecified atom stereocenters. The normalized spacial score (nSPS) is 10.6. The molecule has 1 amide bonds. The molecule has 0 fully saturated rings. The zero-order valence-corrected chi connectivity index (χ0v) is 12.6. The van der Waals surface area contributed by atoms with Crippen molar-refractivity contribution in [2.24, 2.45) is 11.7 Å². The maximum atomic E-state index is 11.1. The number of hydrogen-bond donors (Lipinski definition) is 1. The largest absolute Gasteiger partial charge is 0.496 e. The second kappa shape index (κ2) is 6.23. The number of nitrogens with two attached hydrogens (primary N) is 1. The van der Waals surface area contributed by atoms with Crippen LogP contribution < -0.4 is 10.5 Å². The molecule has 0 aromatic heterocycles. The van der Waals surface area contributed by atoms with Crippen LogP contribution in [0.15, 0.2) is 12.1 Å². The summed E-state index contributed by atoms with van der Waals surface area (Å²) in [5.74, 6) is 1.09. The Labute approximate surface area is 116 Å². The summed E-state index contributed by atoms with van der Waals surface area (Å²) in [5.41, 5.74) is 7.43. The Morgan fingerprint density at radius 1 is 1.41 bits per heavy atom. The van der Waals surface area contributed by atoms with E-state index in [2.05, 4.69) is 36.4 Å². The van der Waals surface area contributed by atoms with E-state index in [4.69, 9.17) is 10.5 Å². The molecule has 3 nitrogen and oxygen atoms in total. The highest BCUT2D eigenvalue weighted by atomic mass is 127. The molecule has 0 spiro atoms. The summed E-state index contributed by atoms with van der Waals surface area (Å²) in [4.78, 5) is 11.1. The summed E-state index contributed by atoms with van der Waals surface area (Å²) in [6.45, 7) is 4.30. The summed E-state index contributed by atoms with van der Waals surface area (Å²) in [5, 5.41) is 0. The van der Waals surface area contributed by atoms with E-state index in [0.29, 0.717) is 12.3 Å². The average Bonchev–Trinajstić information content (AvgIpc) is 2.20. The van der Waals surface area contributed by atoms with Gasteiger partial charge in [0.25, 0.3) is 0 Å². The van der Waals surface area contributed by atoms with Crippen molar-refractivity contribution in [1.82, 2.24) is 0 Å². The van der Waals surface area contributed by atoms with Crippen molar-refractivity contribution in [3.05, 3.63) is 26.8 Å². The highest BCUT2D eigenvalue weighted by molar-refractivity contribution is 14.1. The lowest BCUT2D eigenvalue weighted by Crippen LogP contribution is -2.15. The molecular formula is C13H18INO2. The number of carbonyl (C=O) groups excluding carboxylic acids is 1. The smallest absolute Gasteiger partial charge is 0.221 e. The number of benzene rings is 1. The van der Waals surface area contributed by atoms with Crippen LogP contribution >= 0.6 is 22.6 Å². The van der Waals surface area contributed by atoms with Crippen molar-refractivity contribution in [1.29, 1.82) is 0 Å². The molecule has 1 aromatic rings. The van der Waals surface area contributed by atoms with Crippen LogP contribution in [0, 0.1) is 9.49 Å². The fourth-order valence-electron chi connectivity index (χ4n) is 1.78. The minimum Gasteiger partial charge on any atom is -0.496 e. The van der Waals surface area contributed by atoms with Crippen LogP contribution in [0.4, 0.5) is 0 Å². The maximum absolute atomic E-state index is 11.1. The van der Waals surface area contributed by atoms with Crippen LogP contribution in [0.5, 0.6) is 5.75 Å². The first-order valence-electron chi connectivity index (χ1n) is 5.57. The second-order valence-corrected chi connectivity index (χ2v) is 5.66. The average molecular weight is 347 g/mol. The molecule has 0 saturated heterocycles. The van der Waals surface area contributed by atoms with Gasteiger partial charge in [0.15, 0.2) is 0 Å². The van der Waals surface area contributed by atoms with Gasteiger partial charge < -0.3 is 10.5 Å². The van der Waals surface area contributed by atoms with Gasteiger partial charge in [0, 0.05) is 0 Å². The molecule has 0 saturated carbocycles. The van der Waals surface area contributed by atoms with E-state index >= 15 is 0 Å². The predicted molar refractivity (Wildman–Crippen MR) is 77.2 cm³/mol. The Hall–Kier alpha value is -0.780. The maximum Gasteiger partial charge on any atom is 0.221 e. The van der Waals surface area contributed by atoms with Crippen molar-refractivity contribution in [3.8, 4) is 5.75 Å². The van der Waals surface area contributed by atoms with Gasteiger partial charge in [-0.05, 0) is 58.2 Å². The quantitative estimate of drug-likeness (QED) is 0.833. The van der Waals surface area contributed by atoms with Gasteiger partial charge in [-0.2, -0.15) is 0 Å². The first kappa shape index (κ1) is 14.3. The van der Waals surface area contributed by atoms with Gasteiger partial charge in [-0.3, -0.25) is 4.79 Å². The molecule has 0 radical (unpaired) electrons. The molecule has 1 aromatic carbocycles. The van der Waals surface area contributed by atoms with E-state index in [0.717, 1.165) is 26.9 Å². The van der Waals surface area contributed by atoms with Crippen LogP contribution in [-0.4, -0.2) is 13.0 Å². The van der Waals surface area contributed by atoms with Crippen molar-refractivity contribution in [3.63, 3.8) is 0 Å². The van der Waals surface area contributed by atoms with E-state index in [1.165, 1.54) is 0 Å². The summed E-state index contributed by atoms with van der Waals surface area (Å²) < 4.78 is 6.31. The molecule has 0 aliphatic heterocycles. The van der Waals surface area contributed by atoms with E-state index in [-0.39, 0.29) is 5.91 Å². The number of halogens is 1. The lowest BCUT2D eigenvalue weighted by atomic mass is 9.96. The summed E-state index contributed by atoms with van der Waals surface area (Å²) >= 11 is 2.21. The minimum absolute atomic E-state index is 0.294. The number of ether oxygens (including phenoxy) is 1. The van der Waals surface area contributed by atoms with Gasteiger partial charge in [-0.25, -0.2) is 0 Å². The van der Waals surface area contributed by atoms with Gasteiger partial charge in [0.05, 0.1) is 17.1 Å². The van der Waals surface area contributed by atoms with Crippen molar-refractivity contribution < 1.29 is 9.53 Å².